The van der Waals surface area contributed by atoms with Crippen molar-refractivity contribution in [3.63, 3.8) is 0 Å². The zero-order valence-electron chi connectivity index (χ0n) is 25.7. The zero-order valence-corrected chi connectivity index (χ0v) is 26.5. The van der Waals surface area contributed by atoms with Crippen molar-refractivity contribution >= 4 is 34.6 Å². The number of carbonyl (C=O) groups excluding carboxylic acids is 2. The molecule has 0 aliphatic carbocycles. The number of amides is 3. The minimum atomic E-state index is -4.76. The van der Waals surface area contributed by atoms with Crippen LogP contribution in [0, 0.1) is 5.41 Å². The largest absolute Gasteiger partial charge is 0.573 e. The molecular formula is C33H33F3N6O3S. The van der Waals surface area contributed by atoms with Gasteiger partial charge in [-0.2, -0.15) is 4.99 Å². The number of halogens is 3. The lowest BCUT2D eigenvalue weighted by atomic mass is 9.79. The minimum Gasteiger partial charge on any atom is -0.406 e. The molecule has 1 unspecified atom stereocenters. The second-order valence-electron chi connectivity index (χ2n) is 11.5. The fourth-order valence-corrected chi connectivity index (χ4v) is 5.84. The van der Waals surface area contributed by atoms with E-state index in [1.165, 1.54) is 51.9 Å². The number of hydrogen-bond donors (Lipinski definition) is 1. The molecule has 2 heterocycles. The number of benzene rings is 3. The highest BCUT2D eigenvalue weighted by molar-refractivity contribution is 8.15. The lowest BCUT2D eigenvalue weighted by Crippen LogP contribution is -2.43. The van der Waals surface area contributed by atoms with Gasteiger partial charge in [0.15, 0.2) is 11.0 Å². The Morgan fingerprint density at radius 2 is 1.76 bits per heavy atom. The Bertz CT molecular complexity index is 1740. The van der Waals surface area contributed by atoms with Crippen LogP contribution in [0.4, 0.5) is 23.7 Å². The summed E-state index contributed by atoms with van der Waals surface area (Å²) >= 11 is 1.25. The summed E-state index contributed by atoms with van der Waals surface area (Å²) in [7, 11) is 0. The van der Waals surface area contributed by atoms with Crippen molar-refractivity contribution in [2.24, 2.45) is 10.4 Å². The molecule has 3 aromatic carbocycles. The first-order valence-electron chi connectivity index (χ1n) is 14.6. The van der Waals surface area contributed by atoms with Crippen LogP contribution in [0.2, 0.25) is 0 Å². The molecule has 1 N–H and O–H groups in total. The van der Waals surface area contributed by atoms with Gasteiger partial charge in [0.1, 0.15) is 12.1 Å². The van der Waals surface area contributed by atoms with E-state index in [0.717, 1.165) is 28.8 Å². The van der Waals surface area contributed by atoms with Crippen LogP contribution < -0.4 is 15.0 Å². The van der Waals surface area contributed by atoms with Gasteiger partial charge in [-0.15, -0.1) is 18.3 Å². The van der Waals surface area contributed by atoms with Crippen LogP contribution in [0.25, 0.3) is 17.1 Å². The van der Waals surface area contributed by atoms with E-state index in [0.29, 0.717) is 23.1 Å². The minimum absolute atomic E-state index is 0.107. The number of aliphatic imine (C=N–C) groups is 1. The van der Waals surface area contributed by atoms with Gasteiger partial charge in [0.05, 0.1) is 17.1 Å². The molecule has 5 rings (SSSR count). The van der Waals surface area contributed by atoms with Gasteiger partial charge >= 0.3 is 12.4 Å². The first kappa shape index (κ1) is 32.7. The number of aryl methyl sites for hydroxylation is 1. The van der Waals surface area contributed by atoms with Crippen LogP contribution in [0.5, 0.6) is 5.75 Å². The lowest BCUT2D eigenvalue weighted by Gasteiger charge is -2.32. The van der Waals surface area contributed by atoms with Crippen LogP contribution >= 0.6 is 11.8 Å². The Morgan fingerprint density at radius 1 is 1.07 bits per heavy atom. The van der Waals surface area contributed by atoms with E-state index >= 15 is 0 Å². The number of para-hydroxylation sites is 1. The Labute approximate surface area is 268 Å². The molecule has 0 radical (unpaired) electrons. The van der Waals surface area contributed by atoms with Crippen LogP contribution in [0.3, 0.4) is 0 Å². The van der Waals surface area contributed by atoms with E-state index < -0.39 is 12.4 Å². The smallest absolute Gasteiger partial charge is 0.406 e. The van der Waals surface area contributed by atoms with E-state index in [1.807, 2.05) is 62.4 Å². The number of rotatable bonds is 9. The van der Waals surface area contributed by atoms with Gasteiger partial charge in [-0.3, -0.25) is 9.69 Å². The van der Waals surface area contributed by atoms with Crippen LogP contribution in [0.15, 0.2) is 84.1 Å². The molecule has 3 amide bonds. The number of alkyl halides is 3. The standard InChI is InChI=1S/C33H33F3N6O3S/c1-5-23-8-6-7-9-27(23)42-28(43)19-46-31(42)39-30(44)38-21(2)32(3,4)18-22-10-12-24(13-11-22)29-37-20-41(40-29)25-14-16-26(17-15-25)45-33(34,35)36/h6-17,20-21H,5,18-19H2,1-4H3,(H,38,44). The third kappa shape index (κ3) is 7.76. The number of carbonyl (C=O) groups is 2. The van der Waals surface area contributed by atoms with Gasteiger partial charge in [-0.1, -0.05) is 75.0 Å². The second-order valence-corrected chi connectivity index (χ2v) is 12.4. The number of thioether (sulfide) groups is 1. The number of hydrogen-bond acceptors (Lipinski definition) is 6. The number of nitrogens with one attached hydrogen (secondary N) is 1. The van der Waals surface area contributed by atoms with Crippen LogP contribution in [-0.4, -0.2) is 50.0 Å². The Morgan fingerprint density at radius 3 is 2.43 bits per heavy atom. The number of anilines is 1. The Hall–Kier alpha value is -4.65. The highest BCUT2D eigenvalue weighted by Crippen LogP contribution is 2.31. The molecule has 1 saturated heterocycles. The molecule has 4 aromatic rings. The average Bonchev–Trinajstić information content (AvgIpc) is 3.64. The maximum atomic E-state index is 13.0. The van der Waals surface area contributed by atoms with Gasteiger partial charge in [-0.05, 0) is 66.6 Å². The molecular weight excluding hydrogens is 617 g/mol. The van der Waals surface area contributed by atoms with Crippen molar-refractivity contribution in [3.05, 3.63) is 90.3 Å². The fraction of sp³-hybridized carbons (Fsp3) is 0.303. The van der Waals surface area contributed by atoms with Crippen molar-refractivity contribution < 1.29 is 27.5 Å². The number of amidine groups is 1. The van der Waals surface area contributed by atoms with Crippen molar-refractivity contribution in [2.75, 3.05) is 10.7 Å². The molecule has 13 heteroatoms. The fourth-order valence-electron chi connectivity index (χ4n) is 4.98. The Kier molecular flexibility index (Phi) is 9.52. The molecule has 240 valence electrons. The maximum Gasteiger partial charge on any atom is 0.573 e. The first-order valence-corrected chi connectivity index (χ1v) is 15.6. The first-order chi connectivity index (χ1) is 21.8. The normalized spacial score (nSPS) is 15.3. The molecule has 1 aliphatic heterocycles. The summed E-state index contributed by atoms with van der Waals surface area (Å²) in [5.74, 6) is 0.261. The van der Waals surface area contributed by atoms with Crippen molar-refractivity contribution in [1.82, 2.24) is 20.1 Å². The zero-order chi connectivity index (χ0) is 33.1. The van der Waals surface area contributed by atoms with Crippen molar-refractivity contribution in [1.29, 1.82) is 0 Å². The number of urea groups is 1. The molecule has 1 aromatic heterocycles. The molecule has 1 fully saturated rings. The highest BCUT2D eigenvalue weighted by Gasteiger charge is 2.33. The summed E-state index contributed by atoms with van der Waals surface area (Å²) in [6.07, 6.45) is -1.87. The molecule has 1 atom stereocenters. The lowest BCUT2D eigenvalue weighted by molar-refractivity contribution is -0.274. The summed E-state index contributed by atoms with van der Waals surface area (Å²) in [6, 6.07) is 20.0. The predicted octanol–water partition coefficient (Wildman–Crippen LogP) is 7.20. The third-order valence-electron chi connectivity index (χ3n) is 7.79. The topological polar surface area (TPSA) is 102 Å². The van der Waals surface area contributed by atoms with E-state index in [4.69, 9.17) is 0 Å². The van der Waals surface area contributed by atoms with Crippen LogP contribution in [0.1, 0.15) is 38.8 Å². The molecule has 9 nitrogen and oxygen atoms in total. The molecule has 46 heavy (non-hydrogen) atoms. The van der Waals surface area contributed by atoms with E-state index in [9.17, 15) is 22.8 Å². The summed E-state index contributed by atoms with van der Waals surface area (Å²) < 4.78 is 42.7. The predicted molar refractivity (Wildman–Crippen MR) is 172 cm³/mol. The summed E-state index contributed by atoms with van der Waals surface area (Å²) in [4.78, 5) is 35.9. The SMILES string of the molecule is CCc1ccccc1N1C(=O)CSC1=NC(=O)NC(C)C(C)(C)Cc1ccc(-c2ncn(-c3ccc(OC(F)(F)F)cc3)n2)cc1. The molecule has 0 bridgehead atoms. The average molecular weight is 651 g/mol. The number of ether oxygens (including phenoxy) is 1. The van der Waals surface area contributed by atoms with Crippen molar-refractivity contribution in [3.8, 4) is 22.8 Å². The van der Waals surface area contributed by atoms with Gasteiger partial charge in [-0.25, -0.2) is 14.5 Å². The molecule has 0 saturated carbocycles. The third-order valence-corrected chi connectivity index (χ3v) is 8.71. The highest BCUT2D eigenvalue weighted by atomic mass is 32.2. The monoisotopic (exact) mass is 650 g/mol. The summed E-state index contributed by atoms with van der Waals surface area (Å²) in [6.45, 7) is 8.07. The van der Waals surface area contributed by atoms with E-state index in [2.05, 4.69) is 39.0 Å². The second kappa shape index (κ2) is 13.4. The summed E-state index contributed by atoms with van der Waals surface area (Å²) in [5.41, 5.74) is 3.76. The van der Waals surface area contributed by atoms with Crippen molar-refractivity contribution in [2.45, 2.75) is 52.9 Å². The molecule has 1 aliphatic rings. The quantitative estimate of drug-likeness (QED) is 0.206. The molecule has 0 spiro atoms. The Balaban J connectivity index is 1.21. The maximum absolute atomic E-state index is 13.0. The summed E-state index contributed by atoms with van der Waals surface area (Å²) in [5, 5.41) is 7.81. The van der Waals surface area contributed by atoms with Crippen LogP contribution in [-0.2, 0) is 17.6 Å². The van der Waals surface area contributed by atoms with Gasteiger partial charge in [0.25, 0.3) is 0 Å². The van der Waals surface area contributed by atoms with Gasteiger partial charge < -0.3 is 10.1 Å². The van der Waals surface area contributed by atoms with E-state index in [1.54, 1.807) is 0 Å². The number of aromatic nitrogens is 3. The van der Waals surface area contributed by atoms with Gasteiger partial charge in [0, 0.05) is 11.6 Å². The van der Waals surface area contributed by atoms with E-state index in [-0.39, 0.29) is 28.9 Å². The number of nitrogens with zero attached hydrogens (tertiary/aromatic N) is 5. The van der Waals surface area contributed by atoms with Gasteiger partial charge in [0.2, 0.25) is 5.91 Å².